The van der Waals surface area contributed by atoms with Crippen molar-refractivity contribution in [2.75, 3.05) is 0 Å². The third kappa shape index (κ3) is 8.34. The number of allylic oxidation sites excluding steroid dienone is 2. The van der Waals surface area contributed by atoms with Crippen molar-refractivity contribution in [1.82, 2.24) is 0 Å². The molecule has 0 rings (SSSR count). The SMILES string of the molecule is C/C=C/CCCCC(CC)CCCC. The van der Waals surface area contributed by atoms with Crippen LogP contribution < -0.4 is 0 Å². The Kier molecular flexibility index (Phi) is 10.6. The summed E-state index contributed by atoms with van der Waals surface area (Å²) >= 11 is 0. The summed E-state index contributed by atoms with van der Waals surface area (Å²) in [6.45, 7) is 6.74. The van der Waals surface area contributed by atoms with Crippen molar-refractivity contribution < 1.29 is 0 Å². The highest BCUT2D eigenvalue weighted by Gasteiger charge is 2.04. The number of rotatable bonds is 9. The molecule has 84 valence electrons. The highest BCUT2D eigenvalue weighted by Crippen LogP contribution is 2.19. The van der Waals surface area contributed by atoms with Crippen LogP contribution >= 0.6 is 0 Å². The summed E-state index contributed by atoms with van der Waals surface area (Å²) in [6.07, 6.45) is 15.6. The summed E-state index contributed by atoms with van der Waals surface area (Å²) in [5.41, 5.74) is 0. The molecule has 0 saturated carbocycles. The van der Waals surface area contributed by atoms with Crippen molar-refractivity contribution >= 4 is 0 Å². The Bertz CT molecular complexity index is 124. The normalized spacial score (nSPS) is 13.6. The minimum atomic E-state index is 1.00. The van der Waals surface area contributed by atoms with Gasteiger partial charge in [-0.15, -0.1) is 0 Å². The molecular weight excluding hydrogens is 168 g/mol. The largest absolute Gasteiger partial charge is 0.0917 e. The lowest BCUT2D eigenvalue weighted by Crippen LogP contribution is -1.98. The Morgan fingerprint density at radius 1 is 1.00 bits per heavy atom. The molecule has 0 aromatic heterocycles. The van der Waals surface area contributed by atoms with E-state index in [1.165, 1.54) is 51.4 Å². The second-order valence-corrected chi connectivity index (χ2v) is 4.27. The van der Waals surface area contributed by atoms with Gasteiger partial charge in [0.1, 0.15) is 0 Å². The van der Waals surface area contributed by atoms with Crippen LogP contribution in [-0.2, 0) is 0 Å². The maximum absolute atomic E-state index is 2.34. The van der Waals surface area contributed by atoms with Gasteiger partial charge in [-0.1, -0.05) is 64.5 Å². The highest BCUT2D eigenvalue weighted by atomic mass is 14.1. The molecule has 0 bridgehead atoms. The summed E-state index contributed by atoms with van der Waals surface area (Å²) < 4.78 is 0. The van der Waals surface area contributed by atoms with Gasteiger partial charge < -0.3 is 0 Å². The lowest BCUT2D eigenvalue weighted by molar-refractivity contribution is 0.405. The summed E-state index contributed by atoms with van der Waals surface area (Å²) in [7, 11) is 0. The van der Waals surface area contributed by atoms with Gasteiger partial charge in [-0.2, -0.15) is 0 Å². The van der Waals surface area contributed by atoms with E-state index < -0.39 is 0 Å². The molecule has 1 unspecified atom stereocenters. The summed E-state index contributed by atoms with van der Waals surface area (Å²) in [5.74, 6) is 1.00. The van der Waals surface area contributed by atoms with Gasteiger partial charge in [0.15, 0.2) is 0 Å². The minimum Gasteiger partial charge on any atom is -0.0917 e. The molecule has 0 heterocycles. The molecule has 0 aromatic rings. The molecule has 14 heavy (non-hydrogen) atoms. The number of hydrogen-bond acceptors (Lipinski definition) is 0. The van der Waals surface area contributed by atoms with Crippen LogP contribution in [0.15, 0.2) is 12.2 Å². The molecule has 0 aromatic carbocycles. The van der Waals surface area contributed by atoms with Gasteiger partial charge in [0.2, 0.25) is 0 Å². The van der Waals surface area contributed by atoms with E-state index in [4.69, 9.17) is 0 Å². The van der Waals surface area contributed by atoms with Crippen LogP contribution in [-0.4, -0.2) is 0 Å². The van der Waals surface area contributed by atoms with Gasteiger partial charge in [0.25, 0.3) is 0 Å². The van der Waals surface area contributed by atoms with E-state index in [1.54, 1.807) is 0 Å². The summed E-state index contributed by atoms with van der Waals surface area (Å²) in [6, 6.07) is 0. The van der Waals surface area contributed by atoms with E-state index >= 15 is 0 Å². The quantitative estimate of drug-likeness (QED) is 0.345. The van der Waals surface area contributed by atoms with Crippen molar-refractivity contribution in [3.8, 4) is 0 Å². The van der Waals surface area contributed by atoms with Crippen molar-refractivity contribution in [3.05, 3.63) is 12.2 Å². The van der Waals surface area contributed by atoms with Gasteiger partial charge in [-0.25, -0.2) is 0 Å². The first-order chi connectivity index (χ1) is 6.85. The lowest BCUT2D eigenvalue weighted by atomic mass is 9.93. The first kappa shape index (κ1) is 13.7. The minimum absolute atomic E-state index is 1.00. The zero-order valence-electron chi connectivity index (χ0n) is 10.4. The molecule has 0 radical (unpaired) electrons. The van der Waals surface area contributed by atoms with Crippen LogP contribution in [0, 0.1) is 5.92 Å². The Morgan fingerprint density at radius 3 is 2.29 bits per heavy atom. The molecular formula is C14H28. The van der Waals surface area contributed by atoms with Gasteiger partial charge in [-0.05, 0) is 25.7 Å². The van der Waals surface area contributed by atoms with Crippen LogP contribution in [0.1, 0.15) is 72.1 Å². The molecule has 0 aliphatic heterocycles. The molecule has 0 amide bonds. The number of hydrogen-bond donors (Lipinski definition) is 0. The van der Waals surface area contributed by atoms with Crippen LogP contribution in [0.5, 0.6) is 0 Å². The van der Waals surface area contributed by atoms with Crippen molar-refractivity contribution in [1.29, 1.82) is 0 Å². The van der Waals surface area contributed by atoms with Gasteiger partial charge >= 0.3 is 0 Å². The smallest absolute Gasteiger partial charge is 0.0351 e. The first-order valence-electron chi connectivity index (χ1n) is 6.46. The van der Waals surface area contributed by atoms with Crippen LogP contribution in [0.3, 0.4) is 0 Å². The van der Waals surface area contributed by atoms with Crippen LogP contribution in [0.4, 0.5) is 0 Å². The first-order valence-corrected chi connectivity index (χ1v) is 6.46. The molecule has 0 N–H and O–H groups in total. The fraction of sp³-hybridized carbons (Fsp3) is 0.857. The predicted molar refractivity (Wildman–Crippen MR) is 66.6 cm³/mol. The fourth-order valence-corrected chi connectivity index (χ4v) is 1.91. The molecule has 0 aliphatic rings. The van der Waals surface area contributed by atoms with E-state index in [9.17, 15) is 0 Å². The summed E-state index contributed by atoms with van der Waals surface area (Å²) in [5, 5.41) is 0. The van der Waals surface area contributed by atoms with E-state index in [-0.39, 0.29) is 0 Å². The maximum atomic E-state index is 2.34. The van der Waals surface area contributed by atoms with Crippen molar-refractivity contribution in [3.63, 3.8) is 0 Å². The second kappa shape index (κ2) is 10.8. The Morgan fingerprint density at radius 2 is 1.71 bits per heavy atom. The molecule has 1 atom stereocenters. The van der Waals surface area contributed by atoms with Crippen molar-refractivity contribution in [2.45, 2.75) is 72.1 Å². The topological polar surface area (TPSA) is 0 Å². The highest BCUT2D eigenvalue weighted by molar-refractivity contribution is 4.76. The van der Waals surface area contributed by atoms with Crippen LogP contribution in [0.2, 0.25) is 0 Å². The average Bonchev–Trinajstić information content (AvgIpc) is 2.22. The third-order valence-corrected chi connectivity index (χ3v) is 3.01. The molecule has 0 nitrogen and oxygen atoms in total. The lowest BCUT2D eigenvalue weighted by Gasteiger charge is -2.13. The molecule has 0 saturated heterocycles. The number of unbranched alkanes of at least 4 members (excludes halogenated alkanes) is 3. The summed E-state index contributed by atoms with van der Waals surface area (Å²) in [4.78, 5) is 0. The Labute approximate surface area is 90.8 Å². The standard InChI is InChI=1S/C14H28/c1-4-7-9-10-11-13-14(6-3)12-8-5-2/h4,7,14H,5-6,8-13H2,1-3H3/b7-4+. The predicted octanol–water partition coefficient (Wildman–Crippen LogP) is 5.34. The third-order valence-electron chi connectivity index (χ3n) is 3.01. The average molecular weight is 196 g/mol. The zero-order chi connectivity index (χ0) is 10.6. The Hall–Kier alpha value is -0.260. The zero-order valence-corrected chi connectivity index (χ0v) is 10.4. The molecule has 0 heteroatoms. The molecule has 0 aliphatic carbocycles. The van der Waals surface area contributed by atoms with E-state index in [1.807, 2.05) is 0 Å². The molecule has 0 fully saturated rings. The van der Waals surface area contributed by atoms with E-state index in [2.05, 4.69) is 32.9 Å². The second-order valence-electron chi connectivity index (χ2n) is 4.27. The van der Waals surface area contributed by atoms with Gasteiger partial charge in [-0.3, -0.25) is 0 Å². The van der Waals surface area contributed by atoms with Crippen molar-refractivity contribution in [2.24, 2.45) is 5.92 Å². The van der Waals surface area contributed by atoms with Crippen LogP contribution in [0.25, 0.3) is 0 Å². The van der Waals surface area contributed by atoms with E-state index in [0.717, 1.165) is 5.92 Å². The fourth-order valence-electron chi connectivity index (χ4n) is 1.91. The van der Waals surface area contributed by atoms with Gasteiger partial charge in [0.05, 0.1) is 0 Å². The van der Waals surface area contributed by atoms with E-state index in [0.29, 0.717) is 0 Å². The maximum Gasteiger partial charge on any atom is -0.0351 e. The monoisotopic (exact) mass is 196 g/mol. The van der Waals surface area contributed by atoms with Gasteiger partial charge in [0, 0.05) is 0 Å². The Balaban J connectivity index is 3.32. The molecule has 0 spiro atoms.